The average molecular weight is 247 g/mol. The van der Waals surface area contributed by atoms with Gasteiger partial charge in [0.05, 0.1) is 5.92 Å². The molecule has 1 aliphatic carbocycles. The molecule has 4 heteroatoms. The molecule has 0 atom stereocenters. The monoisotopic (exact) mass is 246 g/mol. The number of nitrogens with one attached hydrogen (secondary N) is 2. The lowest BCUT2D eigenvalue weighted by molar-refractivity contribution is -0.126. The highest BCUT2D eigenvalue weighted by molar-refractivity contribution is 5.85. The molecule has 0 unspecified atom stereocenters. The predicted molar refractivity (Wildman–Crippen MR) is 67.7 cm³/mol. The Balaban J connectivity index is 0.00000128. The molecule has 0 aromatic carbocycles. The quantitative estimate of drug-likeness (QED) is 0.773. The predicted octanol–water partition coefficient (Wildman–Crippen LogP) is 1.57. The zero-order chi connectivity index (χ0) is 10.9. The minimum atomic E-state index is 0. The summed E-state index contributed by atoms with van der Waals surface area (Å²) < 4.78 is 0. The molecule has 0 spiro atoms. The summed E-state index contributed by atoms with van der Waals surface area (Å²) in [6.07, 6.45) is 3.86. The van der Waals surface area contributed by atoms with Crippen molar-refractivity contribution in [3.8, 4) is 0 Å². The van der Waals surface area contributed by atoms with Crippen LogP contribution in [0.1, 0.15) is 33.1 Å². The van der Waals surface area contributed by atoms with Gasteiger partial charge in [0.15, 0.2) is 0 Å². The van der Waals surface area contributed by atoms with Crippen LogP contribution >= 0.6 is 12.4 Å². The second-order valence-corrected chi connectivity index (χ2v) is 5.67. The lowest BCUT2D eigenvalue weighted by Gasteiger charge is -2.27. The number of hydrogen-bond acceptors (Lipinski definition) is 2. The van der Waals surface area contributed by atoms with Gasteiger partial charge in [-0.25, -0.2) is 0 Å². The largest absolute Gasteiger partial charge is 0.355 e. The molecule has 0 aromatic heterocycles. The highest BCUT2D eigenvalue weighted by Crippen LogP contribution is 2.50. The van der Waals surface area contributed by atoms with Crippen LogP contribution in [0.15, 0.2) is 0 Å². The molecule has 2 rings (SSSR count). The molecule has 3 nitrogen and oxygen atoms in total. The lowest BCUT2D eigenvalue weighted by atomic mass is 9.93. The van der Waals surface area contributed by atoms with Crippen LogP contribution in [0.2, 0.25) is 0 Å². The SMILES string of the molecule is CC(C)CC1(CNC(=O)C2CNC2)CC1.Cl. The minimum Gasteiger partial charge on any atom is -0.355 e. The fraction of sp³-hybridized carbons (Fsp3) is 0.917. The molecule has 1 amide bonds. The van der Waals surface area contributed by atoms with Crippen molar-refractivity contribution >= 4 is 18.3 Å². The van der Waals surface area contributed by atoms with Gasteiger partial charge >= 0.3 is 0 Å². The summed E-state index contributed by atoms with van der Waals surface area (Å²) in [7, 11) is 0. The highest BCUT2D eigenvalue weighted by Gasteiger charge is 2.43. The summed E-state index contributed by atoms with van der Waals surface area (Å²) in [5, 5.41) is 6.24. The van der Waals surface area contributed by atoms with E-state index in [0.29, 0.717) is 5.41 Å². The van der Waals surface area contributed by atoms with Gasteiger partial charge in [0.2, 0.25) is 5.91 Å². The molecule has 1 aliphatic heterocycles. The van der Waals surface area contributed by atoms with Crippen molar-refractivity contribution in [3.63, 3.8) is 0 Å². The van der Waals surface area contributed by atoms with E-state index in [1.54, 1.807) is 0 Å². The number of carbonyl (C=O) groups is 1. The van der Waals surface area contributed by atoms with E-state index in [4.69, 9.17) is 0 Å². The molecule has 0 aromatic rings. The molecule has 16 heavy (non-hydrogen) atoms. The first-order valence-corrected chi connectivity index (χ1v) is 6.10. The summed E-state index contributed by atoms with van der Waals surface area (Å²) >= 11 is 0. The lowest BCUT2D eigenvalue weighted by Crippen LogP contribution is -2.51. The van der Waals surface area contributed by atoms with Crippen molar-refractivity contribution in [2.24, 2.45) is 17.3 Å². The van der Waals surface area contributed by atoms with Crippen LogP contribution < -0.4 is 10.6 Å². The number of hydrogen-bond donors (Lipinski definition) is 2. The van der Waals surface area contributed by atoms with Crippen LogP contribution in [-0.2, 0) is 4.79 Å². The van der Waals surface area contributed by atoms with Crippen molar-refractivity contribution in [2.45, 2.75) is 33.1 Å². The zero-order valence-electron chi connectivity index (χ0n) is 10.2. The van der Waals surface area contributed by atoms with E-state index in [1.165, 1.54) is 19.3 Å². The van der Waals surface area contributed by atoms with Crippen LogP contribution in [0.5, 0.6) is 0 Å². The van der Waals surface area contributed by atoms with E-state index in [-0.39, 0.29) is 24.2 Å². The Morgan fingerprint density at radius 1 is 1.44 bits per heavy atom. The standard InChI is InChI=1S/C12H22N2O.ClH/c1-9(2)5-12(3-4-12)8-14-11(15)10-6-13-7-10;/h9-10,13H,3-8H2,1-2H3,(H,14,15);1H. The first-order chi connectivity index (χ1) is 7.11. The van der Waals surface area contributed by atoms with Gasteiger partial charge in [0, 0.05) is 19.6 Å². The summed E-state index contributed by atoms with van der Waals surface area (Å²) in [5.41, 5.74) is 0.459. The van der Waals surface area contributed by atoms with Gasteiger partial charge in [-0.15, -0.1) is 12.4 Å². The first-order valence-electron chi connectivity index (χ1n) is 6.10. The Labute approximate surface area is 104 Å². The smallest absolute Gasteiger partial charge is 0.225 e. The fourth-order valence-corrected chi connectivity index (χ4v) is 2.39. The van der Waals surface area contributed by atoms with E-state index in [9.17, 15) is 4.79 Å². The summed E-state index contributed by atoms with van der Waals surface area (Å²) in [6.45, 7) is 7.15. The number of rotatable bonds is 5. The summed E-state index contributed by atoms with van der Waals surface area (Å²) in [4.78, 5) is 11.6. The van der Waals surface area contributed by atoms with E-state index in [1.807, 2.05) is 0 Å². The van der Waals surface area contributed by atoms with E-state index >= 15 is 0 Å². The van der Waals surface area contributed by atoms with Crippen LogP contribution in [0.3, 0.4) is 0 Å². The third-order valence-electron chi connectivity index (χ3n) is 3.59. The maximum Gasteiger partial charge on any atom is 0.225 e. The third-order valence-corrected chi connectivity index (χ3v) is 3.59. The third kappa shape index (κ3) is 3.36. The summed E-state index contributed by atoms with van der Waals surface area (Å²) in [6, 6.07) is 0. The van der Waals surface area contributed by atoms with Gasteiger partial charge in [0.25, 0.3) is 0 Å². The van der Waals surface area contributed by atoms with Gasteiger partial charge in [-0.2, -0.15) is 0 Å². The second kappa shape index (κ2) is 5.37. The van der Waals surface area contributed by atoms with Crippen molar-refractivity contribution < 1.29 is 4.79 Å². The van der Waals surface area contributed by atoms with Gasteiger partial charge in [-0.05, 0) is 30.6 Å². The normalized spacial score (nSPS) is 22.2. The maximum atomic E-state index is 11.6. The van der Waals surface area contributed by atoms with Crippen LogP contribution in [0, 0.1) is 17.3 Å². The van der Waals surface area contributed by atoms with Crippen molar-refractivity contribution in [3.05, 3.63) is 0 Å². The molecule has 0 bridgehead atoms. The Morgan fingerprint density at radius 3 is 2.44 bits per heavy atom. The molecule has 0 radical (unpaired) electrons. The fourth-order valence-electron chi connectivity index (χ4n) is 2.39. The van der Waals surface area contributed by atoms with E-state index in [0.717, 1.165) is 25.6 Å². The van der Waals surface area contributed by atoms with Gasteiger partial charge in [-0.3, -0.25) is 4.79 Å². The number of amides is 1. The Hall–Kier alpha value is -0.280. The average Bonchev–Trinajstić information content (AvgIpc) is 2.78. The van der Waals surface area contributed by atoms with Crippen LogP contribution in [0.25, 0.3) is 0 Å². The van der Waals surface area contributed by atoms with Gasteiger partial charge in [-0.1, -0.05) is 13.8 Å². The van der Waals surface area contributed by atoms with Gasteiger partial charge in [0.1, 0.15) is 0 Å². The molecule has 1 heterocycles. The van der Waals surface area contributed by atoms with E-state index < -0.39 is 0 Å². The Morgan fingerprint density at radius 2 is 2.06 bits per heavy atom. The minimum absolute atomic E-state index is 0. The van der Waals surface area contributed by atoms with Crippen LogP contribution in [0.4, 0.5) is 0 Å². The maximum absolute atomic E-state index is 11.6. The molecule has 94 valence electrons. The molecular weight excluding hydrogens is 224 g/mol. The van der Waals surface area contributed by atoms with Crippen LogP contribution in [-0.4, -0.2) is 25.5 Å². The Kier molecular flexibility index (Phi) is 4.62. The van der Waals surface area contributed by atoms with Crippen molar-refractivity contribution in [2.75, 3.05) is 19.6 Å². The van der Waals surface area contributed by atoms with Gasteiger partial charge < -0.3 is 10.6 Å². The number of carbonyl (C=O) groups excluding carboxylic acids is 1. The Bertz CT molecular complexity index is 247. The molecular formula is C12H23ClN2O. The first kappa shape index (κ1) is 13.8. The van der Waals surface area contributed by atoms with E-state index in [2.05, 4.69) is 24.5 Å². The summed E-state index contributed by atoms with van der Waals surface area (Å²) in [5.74, 6) is 1.23. The molecule has 2 fully saturated rings. The van der Waals surface area contributed by atoms with Crippen molar-refractivity contribution in [1.82, 2.24) is 10.6 Å². The number of halogens is 1. The molecule has 1 saturated carbocycles. The topological polar surface area (TPSA) is 41.1 Å². The van der Waals surface area contributed by atoms with Crippen molar-refractivity contribution in [1.29, 1.82) is 0 Å². The molecule has 2 N–H and O–H groups in total. The second-order valence-electron chi connectivity index (χ2n) is 5.67. The zero-order valence-corrected chi connectivity index (χ0v) is 11.0. The molecule has 1 saturated heterocycles. The highest BCUT2D eigenvalue weighted by atomic mass is 35.5. The molecule has 2 aliphatic rings.